The Hall–Kier alpha value is -1.24. The van der Waals surface area contributed by atoms with Gasteiger partial charge >= 0.3 is 0 Å². The topological polar surface area (TPSA) is 52.9 Å². The number of aliphatic hydroxyl groups excluding tert-OH is 2. The molecule has 1 saturated heterocycles. The number of benzene rings is 1. The molecule has 1 heterocycles. The number of methoxy groups -OCH3 is 1. The van der Waals surface area contributed by atoms with Gasteiger partial charge in [0, 0.05) is 24.1 Å². The van der Waals surface area contributed by atoms with Crippen LogP contribution in [-0.4, -0.2) is 48.0 Å². The lowest BCUT2D eigenvalue weighted by atomic mass is 9.73. The van der Waals surface area contributed by atoms with Gasteiger partial charge in [0.1, 0.15) is 5.75 Å². The maximum absolute atomic E-state index is 14.1. The van der Waals surface area contributed by atoms with Gasteiger partial charge in [-0.3, -0.25) is 4.90 Å². The molecule has 1 aliphatic heterocycles. The van der Waals surface area contributed by atoms with Gasteiger partial charge in [0.05, 0.1) is 19.8 Å². The Balaban J connectivity index is 2.14. The minimum absolute atomic E-state index is 0.0620. The summed E-state index contributed by atoms with van der Waals surface area (Å²) in [5, 5.41) is 20.1. The van der Waals surface area contributed by atoms with E-state index in [-0.39, 0.29) is 18.7 Å². The van der Waals surface area contributed by atoms with Crippen molar-refractivity contribution in [3.05, 3.63) is 29.3 Å². The second-order valence-corrected chi connectivity index (χ2v) is 6.31. The summed E-state index contributed by atoms with van der Waals surface area (Å²) in [6.07, 6.45) is 1.56. The van der Waals surface area contributed by atoms with Crippen molar-refractivity contribution < 1.29 is 23.7 Å². The number of ether oxygens (including phenoxy) is 1. The zero-order valence-corrected chi connectivity index (χ0v) is 13.7. The second-order valence-electron chi connectivity index (χ2n) is 6.31. The molecule has 0 saturated carbocycles. The number of halogens is 2. The Labute approximate surface area is 135 Å². The van der Waals surface area contributed by atoms with Crippen molar-refractivity contribution in [3.8, 4) is 5.75 Å². The molecule has 6 heteroatoms. The van der Waals surface area contributed by atoms with Crippen molar-refractivity contribution in [1.29, 1.82) is 0 Å². The maximum Gasteiger partial charge on any atom is 0.167 e. The van der Waals surface area contributed by atoms with Gasteiger partial charge in [-0.25, -0.2) is 8.78 Å². The quantitative estimate of drug-likeness (QED) is 0.841. The summed E-state index contributed by atoms with van der Waals surface area (Å²) in [4.78, 5) is 1.87. The van der Waals surface area contributed by atoms with Crippen LogP contribution in [0.25, 0.3) is 0 Å². The van der Waals surface area contributed by atoms with Crippen LogP contribution in [-0.2, 0) is 6.54 Å². The van der Waals surface area contributed by atoms with Gasteiger partial charge in [-0.15, -0.1) is 0 Å². The molecule has 1 aromatic carbocycles. The minimum atomic E-state index is -0.911. The number of aliphatic hydroxyl groups is 2. The molecule has 0 aromatic heterocycles. The normalized spacial score (nSPS) is 25.6. The van der Waals surface area contributed by atoms with Gasteiger partial charge in [0.2, 0.25) is 0 Å². The summed E-state index contributed by atoms with van der Waals surface area (Å²) in [5.74, 6) is -1.52. The lowest BCUT2D eigenvalue weighted by molar-refractivity contribution is -0.0805. The van der Waals surface area contributed by atoms with E-state index in [1.165, 1.54) is 13.2 Å². The minimum Gasteiger partial charge on any atom is -0.496 e. The third kappa shape index (κ3) is 3.65. The van der Waals surface area contributed by atoms with Gasteiger partial charge in [0.15, 0.2) is 11.6 Å². The second kappa shape index (κ2) is 7.55. The average Bonchev–Trinajstić information content (AvgIpc) is 2.55. The maximum atomic E-state index is 14.1. The van der Waals surface area contributed by atoms with E-state index in [0.717, 1.165) is 18.9 Å². The van der Waals surface area contributed by atoms with E-state index in [1.807, 2.05) is 11.8 Å². The first kappa shape index (κ1) is 18.1. The summed E-state index contributed by atoms with van der Waals surface area (Å²) in [7, 11) is 1.42. The van der Waals surface area contributed by atoms with Crippen molar-refractivity contribution in [3.63, 3.8) is 0 Å². The van der Waals surface area contributed by atoms with Crippen LogP contribution in [0.2, 0.25) is 0 Å². The first-order chi connectivity index (χ1) is 11.0. The largest absolute Gasteiger partial charge is 0.496 e. The number of likely N-dealkylation sites (tertiary alicyclic amines) is 1. The number of β-amino-alcohol motifs (C(OH)–C–C–N with tert-alkyl or cyclic N) is 1. The van der Waals surface area contributed by atoms with Crippen molar-refractivity contribution in [2.45, 2.75) is 38.8 Å². The Morgan fingerprint density at radius 2 is 2.13 bits per heavy atom. The monoisotopic (exact) mass is 329 g/mol. The highest BCUT2D eigenvalue weighted by molar-refractivity contribution is 5.35. The molecule has 1 aromatic rings. The fraction of sp³-hybridized carbons (Fsp3) is 0.647. The molecule has 2 N–H and O–H groups in total. The summed E-state index contributed by atoms with van der Waals surface area (Å²) in [6.45, 7) is 3.05. The van der Waals surface area contributed by atoms with E-state index in [9.17, 15) is 19.0 Å². The predicted molar refractivity (Wildman–Crippen MR) is 83.2 cm³/mol. The number of rotatable bonds is 6. The summed E-state index contributed by atoms with van der Waals surface area (Å²) >= 11 is 0. The fourth-order valence-electron chi connectivity index (χ4n) is 3.41. The lowest BCUT2D eigenvalue weighted by Crippen LogP contribution is -2.52. The van der Waals surface area contributed by atoms with Crippen molar-refractivity contribution in [2.24, 2.45) is 5.41 Å². The fourth-order valence-corrected chi connectivity index (χ4v) is 3.41. The van der Waals surface area contributed by atoms with Gasteiger partial charge < -0.3 is 14.9 Å². The van der Waals surface area contributed by atoms with E-state index in [2.05, 4.69) is 0 Å². The Morgan fingerprint density at radius 1 is 1.39 bits per heavy atom. The standard InChI is InChI=1S/C17H25F2NO3/c1-3-6-17(11-21)7-8-20(10-15(17)22)9-12-14(23-2)5-4-13(18)16(12)19/h4-5,15,21-22H,3,6-11H2,1-2H3/t15-,17+/m0/s1. The third-order valence-corrected chi connectivity index (χ3v) is 4.88. The molecule has 0 unspecified atom stereocenters. The number of hydrogen-bond acceptors (Lipinski definition) is 4. The van der Waals surface area contributed by atoms with Gasteiger partial charge in [-0.1, -0.05) is 13.3 Å². The Bertz CT molecular complexity index is 541. The number of nitrogens with zero attached hydrogens (tertiary/aromatic N) is 1. The van der Waals surface area contributed by atoms with Crippen LogP contribution in [0.5, 0.6) is 5.75 Å². The molecule has 1 fully saturated rings. The van der Waals surface area contributed by atoms with Gasteiger partial charge in [-0.2, -0.15) is 0 Å². The molecular formula is C17H25F2NO3. The smallest absolute Gasteiger partial charge is 0.167 e. The molecule has 0 bridgehead atoms. The predicted octanol–water partition coefficient (Wildman–Crippen LogP) is 2.32. The average molecular weight is 329 g/mol. The number of piperidine rings is 1. The highest BCUT2D eigenvalue weighted by Crippen LogP contribution is 2.37. The summed E-state index contributed by atoms with van der Waals surface area (Å²) in [5.41, 5.74) is -0.331. The summed E-state index contributed by atoms with van der Waals surface area (Å²) < 4.78 is 32.6. The zero-order valence-electron chi connectivity index (χ0n) is 13.7. The van der Waals surface area contributed by atoms with Crippen LogP contribution >= 0.6 is 0 Å². The molecule has 2 rings (SSSR count). The van der Waals surface area contributed by atoms with E-state index in [4.69, 9.17) is 4.74 Å². The molecule has 0 aliphatic carbocycles. The van der Waals surface area contributed by atoms with Gasteiger partial charge in [-0.05, 0) is 31.5 Å². The van der Waals surface area contributed by atoms with Crippen molar-refractivity contribution in [1.82, 2.24) is 4.90 Å². The zero-order chi connectivity index (χ0) is 17.0. The van der Waals surface area contributed by atoms with E-state index in [0.29, 0.717) is 25.3 Å². The van der Waals surface area contributed by atoms with Crippen LogP contribution in [0.4, 0.5) is 8.78 Å². The molecule has 0 spiro atoms. The molecule has 0 amide bonds. The molecule has 0 radical (unpaired) electrons. The van der Waals surface area contributed by atoms with Crippen LogP contribution in [0.1, 0.15) is 31.7 Å². The van der Waals surface area contributed by atoms with Crippen LogP contribution in [0, 0.1) is 17.0 Å². The van der Waals surface area contributed by atoms with Crippen molar-refractivity contribution >= 4 is 0 Å². The lowest BCUT2D eigenvalue weighted by Gasteiger charge is -2.44. The number of hydrogen-bond donors (Lipinski definition) is 2. The molecule has 4 nitrogen and oxygen atoms in total. The molecular weight excluding hydrogens is 304 g/mol. The molecule has 2 atom stereocenters. The van der Waals surface area contributed by atoms with E-state index in [1.54, 1.807) is 0 Å². The molecule has 23 heavy (non-hydrogen) atoms. The van der Waals surface area contributed by atoms with Crippen LogP contribution in [0.3, 0.4) is 0 Å². The molecule has 1 aliphatic rings. The highest BCUT2D eigenvalue weighted by atomic mass is 19.2. The summed E-state index contributed by atoms with van der Waals surface area (Å²) in [6, 6.07) is 2.45. The third-order valence-electron chi connectivity index (χ3n) is 4.88. The van der Waals surface area contributed by atoms with Gasteiger partial charge in [0.25, 0.3) is 0 Å². The molecule has 130 valence electrons. The Morgan fingerprint density at radius 3 is 2.70 bits per heavy atom. The Kier molecular flexibility index (Phi) is 5.95. The van der Waals surface area contributed by atoms with E-state index >= 15 is 0 Å². The first-order valence-electron chi connectivity index (χ1n) is 7.99. The SMILES string of the molecule is CCC[C@]1(CO)CCN(Cc2c(OC)ccc(F)c2F)C[C@@H]1O. The first-order valence-corrected chi connectivity index (χ1v) is 7.99. The van der Waals surface area contributed by atoms with Crippen LogP contribution in [0.15, 0.2) is 12.1 Å². The van der Waals surface area contributed by atoms with E-state index < -0.39 is 23.2 Å². The van der Waals surface area contributed by atoms with Crippen LogP contribution < -0.4 is 4.74 Å². The van der Waals surface area contributed by atoms with Crippen molar-refractivity contribution in [2.75, 3.05) is 26.8 Å². The highest BCUT2D eigenvalue weighted by Gasteiger charge is 2.41.